The number of fused-ring (bicyclic) bond motifs is 3. The van der Waals surface area contributed by atoms with E-state index in [9.17, 15) is 4.79 Å². The van der Waals surface area contributed by atoms with Crippen LogP contribution in [0.15, 0.2) is 46.3 Å². The second-order valence-corrected chi connectivity index (χ2v) is 8.91. The van der Waals surface area contributed by atoms with Crippen LogP contribution in [0.25, 0.3) is 16.3 Å². The summed E-state index contributed by atoms with van der Waals surface area (Å²) in [4.78, 5) is 19.6. The third-order valence-corrected chi connectivity index (χ3v) is 7.23. The zero-order valence-electron chi connectivity index (χ0n) is 15.5. The quantitative estimate of drug-likeness (QED) is 0.481. The highest BCUT2D eigenvalue weighted by Gasteiger charge is 2.19. The van der Waals surface area contributed by atoms with Gasteiger partial charge in [0, 0.05) is 35.0 Å². The number of aryl methyl sites for hydroxylation is 2. The number of thioether (sulfide) groups is 1. The van der Waals surface area contributed by atoms with E-state index in [4.69, 9.17) is 4.98 Å². The van der Waals surface area contributed by atoms with Crippen LogP contribution in [0.5, 0.6) is 0 Å². The first-order chi connectivity index (χ1) is 13.7. The van der Waals surface area contributed by atoms with Gasteiger partial charge in [-0.05, 0) is 25.7 Å². The molecule has 0 amide bonds. The molecule has 0 N–H and O–H groups in total. The van der Waals surface area contributed by atoms with Gasteiger partial charge < -0.3 is 4.57 Å². The maximum absolute atomic E-state index is 12.7. The average molecular weight is 410 g/mol. The minimum Gasteiger partial charge on any atom is -0.305 e. The highest BCUT2D eigenvalue weighted by molar-refractivity contribution is 7.98. The molecule has 0 unspecified atom stereocenters. The molecule has 4 aromatic rings. The van der Waals surface area contributed by atoms with E-state index in [1.54, 1.807) is 29.2 Å². The molecule has 0 fully saturated rings. The van der Waals surface area contributed by atoms with Crippen LogP contribution in [-0.4, -0.2) is 24.1 Å². The monoisotopic (exact) mass is 409 g/mol. The highest BCUT2D eigenvalue weighted by Crippen LogP contribution is 2.29. The summed E-state index contributed by atoms with van der Waals surface area (Å²) >= 11 is 3.21. The molecule has 0 saturated heterocycles. The van der Waals surface area contributed by atoms with Crippen LogP contribution in [0.3, 0.4) is 0 Å². The fourth-order valence-electron chi connectivity index (χ4n) is 3.63. The van der Waals surface area contributed by atoms with E-state index in [0.29, 0.717) is 5.75 Å². The minimum absolute atomic E-state index is 0.0305. The van der Waals surface area contributed by atoms with Gasteiger partial charge in [-0.1, -0.05) is 42.1 Å². The maximum Gasteiger partial charge on any atom is 0.259 e. The first-order valence-electron chi connectivity index (χ1n) is 9.31. The largest absolute Gasteiger partial charge is 0.305 e. The molecule has 0 spiro atoms. The Morgan fingerprint density at radius 2 is 1.96 bits per heavy atom. The van der Waals surface area contributed by atoms with Crippen LogP contribution < -0.4 is 5.56 Å². The maximum atomic E-state index is 12.7. The first kappa shape index (κ1) is 17.6. The van der Waals surface area contributed by atoms with Gasteiger partial charge in [0.1, 0.15) is 0 Å². The average Bonchev–Trinajstić information content (AvgIpc) is 3.27. The van der Waals surface area contributed by atoms with Crippen molar-refractivity contribution in [3.8, 4) is 11.4 Å². The lowest BCUT2D eigenvalue weighted by Crippen LogP contribution is -2.17. The molecule has 28 heavy (non-hydrogen) atoms. The third-order valence-electron chi connectivity index (χ3n) is 5.03. The summed E-state index contributed by atoms with van der Waals surface area (Å²) in [7, 11) is 1.96. The Bertz CT molecular complexity index is 1210. The van der Waals surface area contributed by atoms with Gasteiger partial charge in [0.05, 0.1) is 5.69 Å². The zero-order chi connectivity index (χ0) is 19.1. The molecule has 0 atom stereocenters. The summed E-state index contributed by atoms with van der Waals surface area (Å²) in [5.74, 6) is 1.42. The molecule has 0 radical (unpaired) electrons. The molecule has 1 aromatic carbocycles. The fraction of sp³-hybridized carbons (Fsp3) is 0.300. The number of nitrogens with zero attached hydrogens (tertiary/aromatic N) is 5. The number of hydrogen-bond acceptors (Lipinski definition) is 6. The normalized spacial score (nSPS) is 13.8. The van der Waals surface area contributed by atoms with Crippen LogP contribution in [0.2, 0.25) is 0 Å². The van der Waals surface area contributed by atoms with Crippen molar-refractivity contribution in [2.45, 2.75) is 36.6 Å². The van der Waals surface area contributed by atoms with Crippen LogP contribution in [0.4, 0.5) is 0 Å². The van der Waals surface area contributed by atoms with E-state index >= 15 is 0 Å². The first-order valence-corrected chi connectivity index (χ1v) is 11.1. The number of benzene rings is 1. The van der Waals surface area contributed by atoms with Crippen molar-refractivity contribution in [2.75, 3.05) is 0 Å². The van der Waals surface area contributed by atoms with E-state index in [2.05, 4.69) is 10.2 Å². The van der Waals surface area contributed by atoms with Gasteiger partial charge in [0.2, 0.25) is 0 Å². The number of aromatic nitrogens is 5. The van der Waals surface area contributed by atoms with Crippen molar-refractivity contribution < 1.29 is 0 Å². The van der Waals surface area contributed by atoms with Gasteiger partial charge in [0.25, 0.3) is 5.56 Å². The Hall–Kier alpha value is -2.45. The van der Waals surface area contributed by atoms with Crippen molar-refractivity contribution in [1.82, 2.24) is 24.1 Å². The van der Waals surface area contributed by atoms with Gasteiger partial charge in [-0.3, -0.25) is 9.20 Å². The Labute approximate surface area is 170 Å². The smallest absolute Gasteiger partial charge is 0.259 e. The highest BCUT2D eigenvalue weighted by atomic mass is 32.2. The summed E-state index contributed by atoms with van der Waals surface area (Å²) in [5.41, 5.74) is 3.02. The molecule has 0 saturated carbocycles. The second kappa shape index (κ2) is 7.18. The lowest BCUT2D eigenvalue weighted by Gasteiger charge is -2.10. The molecule has 3 heterocycles. The minimum atomic E-state index is 0.0305. The summed E-state index contributed by atoms with van der Waals surface area (Å²) in [5, 5.41) is 9.44. The topological polar surface area (TPSA) is 65.1 Å². The molecule has 1 aliphatic rings. The van der Waals surface area contributed by atoms with E-state index in [-0.39, 0.29) is 5.56 Å². The van der Waals surface area contributed by atoms with Gasteiger partial charge in [-0.15, -0.1) is 21.5 Å². The predicted octanol–water partition coefficient (Wildman–Crippen LogP) is 3.72. The van der Waals surface area contributed by atoms with Crippen LogP contribution in [0.1, 0.15) is 29.1 Å². The molecule has 3 aromatic heterocycles. The Morgan fingerprint density at radius 1 is 1.14 bits per heavy atom. The predicted molar refractivity (Wildman–Crippen MR) is 112 cm³/mol. The Kier molecular flexibility index (Phi) is 4.52. The molecule has 8 heteroatoms. The van der Waals surface area contributed by atoms with Crippen molar-refractivity contribution in [3.63, 3.8) is 0 Å². The van der Waals surface area contributed by atoms with Gasteiger partial charge in [0.15, 0.2) is 15.9 Å². The standard InChI is InChI=1S/C20H19N5OS2/c1-24-18(13-7-3-2-4-8-13)22-23-20(24)27-12-14-11-17(26)25-15-9-5-6-10-16(15)28-19(25)21-14/h2-4,7-8,11H,5-6,9-10,12H2,1H3. The number of thiazole rings is 1. The number of hydrogen-bond donors (Lipinski definition) is 0. The van der Waals surface area contributed by atoms with Crippen LogP contribution in [-0.2, 0) is 25.6 Å². The molecule has 0 bridgehead atoms. The molecular weight excluding hydrogens is 390 g/mol. The van der Waals surface area contributed by atoms with E-state index < -0.39 is 0 Å². The van der Waals surface area contributed by atoms with Gasteiger partial charge in [-0.2, -0.15) is 0 Å². The SMILES string of the molecule is Cn1c(SCc2cc(=O)n3c4c(sc3n2)CCCC4)nnc1-c1ccccc1. The number of rotatable bonds is 4. The lowest BCUT2D eigenvalue weighted by molar-refractivity contribution is 0.670. The van der Waals surface area contributed by atoms with E-state index in [1.807, 2.05) is 46.3 Å². The third kappa shape index (κ3) is 3.06. The summed E-state index contributed by atoms with van der Waals surface area (Å²) in [6, 6.07) is 11.7. The Morgan fingerprint density at radius 3 is 2.82 bits per heavy atom. The molecule has 6 nitrogen and oxygen atoms in total. The van der Waals surface area contributed by atoms with E-state index in [1.165, 1.54) is 17.0 Å². The molecule has 5 rings (SSSR count). The Balaban J connectivity index is 1.41. The summed E-state index contributed by atoms with van der Waals surface area (Å²) in [6.45, 7) is 0. The molecule has 142 valence electrons. The fourth-order valence-corrected chi connectivity index (χ4v) is 5.67. The molecule has 1 aliphatic carbocycles. The molecular formula is C20H19N5OS2. The summed E-state index contributed by atoms with van der Waals surface area (Å²) in [6.07, 6.45) is 4.40. The lowest BCUT2D eigenvalue weighted by atomic mass is 10.0. The van der Waals surface area contributed by atoms with Gasteiger partial charge in [-0.25, -0.2) is 4.98 Å². The van der Waals surface area contributed by atoms with Crippen molar-refractivity contribution in [2.24, 2.45) is 7.05 Å². The van der Waals surface area contributed by atoms with Gasteiger partial charge >= 0.3 is 0 Å². The van der Waals surface area contributed by atoms with Crippen molar-refractivity contribution in [1.29, 1.82) is 0 Å². The second-order valence-electron chi connectivity index (χ2n) is 6.90. The van der Waals surface area contributed by atoms with E-state index in [0.717, 1.165) is 46.5 Å². The molecule has 0 aliphatic heterocycles. The van der Waals surface area contributed by atoms with Crippen molar-refractivity contribution in [3.05, 3.63) is 63.0 Å². The van der Waals surface area contributed by atoms with Crippen molar-refractivity contribution >= 4 is 28.1 Å². The van der Waals surface area contributed by atoms with Crippen LogP contribution >= 0.6 is 23.1 Å². The van der Waals surface area contributed by atoms with Crippen LogP contribution in [0, 0.1) is 0 Å². The summed E-state index contributed by atoms with van der Waals surface area (Å²) < 4.78 is 3.79. The zero-order valence-corrected chi connectivity index (χ0v) is 17.1.